The predicted octanol–water partition coefficient (Wildman–Crippen LogP) is 3.45. The highest BCUT2D eigenvalue weighted by Crippen LogP contribution is 2.49. The Labute approximate surface area is 120 Å². The van der Waals surface area contributed by atoms with Crippen molar-refractivity contribution in [2.24, 2.45) is 17.2 Å². The van der Waals surface area contributed by atoms with Crippen molar-refractivity contribution in [3.8, 4) is 0 Å². The Morgan fingerprint density at radius 2 is 2.21 bits per heavy atom. The summed E-state index contributed by atoms with van der Waals surface area (Å²) < 4.78 is 1.99. The van der Waals surface area contributed by atoms with Gasteiger partial charge in [-0.05, 0) is 38.0 Å². The summed E-state index contributed by atoms with van der Waals surface area (Å²) in [5.41, 5.74) is 4.30. The van der Waals surface area contributed by atoms with Crippen LogP contribution in [0.25, 0.3) is 0 Å². The molecule has 108 valence electrons. The van der Waals surface area contributed by atoms with Crippen molar-refractivity contribution in [1.82, 2.24) is 15.2 Å². The molecular weight excluding hydrogens is 260 g/mol. The molecule has 0 radical (unpaired) electrons. The van der Waals surface area contributed by atoms with Crippen molar-refractivity contribution in [3.63, 3.8) is 0 Å². The molecule has 2 rings (SSSR count). The molecule has 1 aliphatic carbocycles. The minimum Gasteiger partial charge on any atom is -0.271 e. The zero-order chi connectivity index (χ0) is 14.2. The van der Waals surface area contributed by atoms with Gasteiger partial charge in [0.15, 0.2) is 0 Å². The molecule has 2 unspecified atom stereocenters. The number of hydrogen-bond acceptors (Lipinski definition) is 3. The lowest BCUT2D eigenvalue weighted by atomic mass is 9.76. The molecular formula is C14H25ClN4. The number of nitrogens with one attached hydrogen (secondary N) is 1. The van der Waals surface area contributed by atoms with Crippen LogP contribution in [-0.4, -0.2) is 9.78 Å². The fraction of sp³-hybridized carbons (Fsp3) is 0.786. The van der Waals surface area contributed by atoms with Crippen LogP contribution in [0.15, 0.2) is 6.20 Å². The molecule has 0 aliphatic heterocycles. The first-order chi connectivity index (χ1) is 8.88. The molecule has 4 nitrogen and oxygen atoms in total. The monoisotopic (exact) mass is 284 g/mol. The summed E-state index contributed by atoms with van der Waals surface area (Å²) in [6.45, 7) is 8.86. The van der Waals surface area contributed by atoms with Crippen LogP contribution < -0.4 is 11.3 Å². The summed E-state index contributed by atoms with van der Waals surface area (Å²) in [5, 5.41) is 5.10. The van der Waals surface area contributed by atoms with E-state index in [1.807, 2.05) is 4.68 Å². The van der Waals surface area contributed by atoms with Gasteiger partial charge in [0.05, 0.1) is 23.0 Å². The Hall–Kier alpha value is -0.580. The van der Waals surface area contributed by atoms with Gasteiger partial charge in [-0.3, -0.25) is 16.0 Å². The lowest BCUT2D eigenvalue weighted by molar-refractivity contribution is 0.190. The second kappa shape index (κ2) is 5.43. The molecule has 3 N–H and O–H groups in total. The zero-order valence-corrected chi connectivity index (χ0v) is 13.0. The largest absolute Gasteiger partial charge is 0.271 e. The molecule has 2 atom stereocenters. The van der Waals surface area contributed by atoms with E-state index in [1.54, 1.807) is 6.20 Å². The molecule has 1 saturated carbocycles. The molecule has 1 aromatic rings. The average Bonchev–Trinajstić information content (AvgIpc) is 2.85. The van der Waals surface area contributed by atoms with E-state index < -0.39 is 0 Å². The van der Waals surface area contributed by atoms with Gasteiger partial charge in [0.25, 0.3) is 0 Å². The van der Waals surface area contributed by atoms with Crippen molar-refractivity contribution < 1.29 is 0 Å². The minimum atomic E-state index is 0.0647. The van der Waals surface area contributed by atoms with Crippen molar-refractivity contribution in [2.75, 3.05) is 0 Å². The molecule has 0 bridgehead atoms. The third kappa shape index (κ3) is 2.67. The second-order valence-corrected chi connectivity index (χ2v) is 6.95. The Balaban J connectivity index is 2.40. The highest BCUT2D eigenvalue weighted by molar-refractivity contribution is 6.31. The normalized spacial score (nSPS) is 24.1. The van der Waals surface area contributed by atoms with Crippen LogP contribution in [0.4, 0.5) is 0 Å². The molecule has 0 spiro atoms. The van der Waals surface area contributed by atoms with Gasteiger partial charge in [0, 0.05) is 6.04 Å². The summed E-state index contributed by atoms with van der Waals surface area (Å²) in [6.07, 6.45) is 5.40. The van der Waals surface area contributed by atoms with Gasteiger partial charge in [0.1, 0.15) is 0 Å². The number of rotatable bonds is 4. The summed E-state index contributed by atoms with van der Waals surface area (Å²) in [7, 11) is 0. The van der Waals surface area contributed by atoms with Crippen LogP contribution in [0.2, 0.25) is 5.02 Å². The molecule has 0 amide bonds. The van der Waals surface area contributed by atoms with Gasteiger partial charge >= 0.3 is 0 Å². The SMILES string of the molecule is CC(C)n1ncc(Cl)c1C(NN)C1CCCC1(C)C. The zero-order valence-electron chi connectivity index (χ0n) is 12.3. The maximum absolute atomic E-state index is 6.36. The number of aromatic nitrogens is 2. The quantitative estimate of drug-likeness (QED) is 0.658. The van der Waals surface area contributed by atoms with Gasteiger partial charge in [-0.25, -0.2) is 0 Å². The van der Waals surface area contributed by atoms with Gasteiger partial charge < -0.3 is 0 Å². The summed E-state index contributed by atoms with van der Waals surface area (Å²) in [5.74, 6) is 6.34. The van der Waals surface area contributed by atoms with E-state index in [2.05, 4.69) is 38.2 Å². The maximum Gasteiger partial charge on any atom is 0.0834 e. The first-order valence-electron chi connectivity index (χ1n) is 7.07. The summed E-state index contributed by atoms with van der Waals surface area (Å²) in [6, 6.07) is 0.345. The van der Waals surface area contributed by atoms with Crippen LogP contribution in [0.5, 0.6) is 0 Å². The number of hydrogen-bond donors (Lipinski definition) is 2. The summed E-state index contributed by atoms with van der Waals surface area (Å²) >= 11 is 6.36. The van der Waals surface area contributed by atoms with Gasteiger partial charge in [-0.2, -0.15) is 5.10 Å². The van der Waals surface area contributed by atoms with E-state index in [0.717, 1.165) is 5.69 Å². The molecule has 19 heavy (non-hydrogen) atoms. The summed E-state index contributed by atoms with van der Waals surface area (Å²) in [4.78, 5) is 0. The lowest BCUT2D eigenvalue weighted by Gasteiger charge is -2.34. The third-order valence-electron chi connectivity index (χ3n) is 4.49. The maximum atomic E-state index is 6.36. The molecule has 5 heteroatoms. The van der Waals surface area contributed by atoms with Crippen LogP contribution >= 0.6 is 11.6 Å². The minimum absolute atomic E-state index is 0.0647. The highest BCUT2D eigenvalue weighted by Gasteiger charge is 2.41. The third-order valence-corrected chi connectivity index (χ3v) is 4.78. The molecule has 1 fully saturated rings. The Bertz CT molecular complexity index is 439. The predicted molar refractivity (Wildman–Crippen MR) is 78.8 cm³/mol. The van der Waals surface area contributed by atoms with E-state index in [9.17, 15) is 0 Å². The van der Waals surface area contributed by atoms with E-state index in [0.29, 0.717) is 10.9 Å². The van der Waals surface area contributed by atoms with E-state index in [1.165, 1.54) is 19.3 Å². The van der Waals surface area contributed by atoms with Crippen LogP contribution in [0.3, 0.4) is 0 Å². The van der Waals surface area contributed by atoms with Crippen molar-refractivity contribution >= 4 is 11.6 Å². The van der Waals surface area contributed by atoms with Crippen LogP contribution in [0.1, 0.15) is 64.7 Å². The van der Waals surface area contributed by atoms with Gasteiger partial charge in [-0.15, -0.1) is 0 Å². The molecule has 1 aliphatic rings. The number of nitrogens with two attached hydrogens (primary N) is 1. The second-order valence-electron chi connectivity index (χ2n) is 6.55. The standard InChI is InChI=1S/C14H25ClN4/c1-9(2)19-13(11(15)8-17-19)12(18-16)10-6-5-7-14(10,3)4/h8-10,12,18H,5-7,16H2,1-4H3. The molecule has 0 aromatic carbocycles. The van der Waals surface area contributed by atoms with Gasteiger partial charge in [-0.1, -0.05) is 31.9 Å². The van der Waals surface area contributed by atoms with Gasteiger partial charge in [0.2, 0.25) is 0 Å². The first kappa shape index (κ1) is 14.8. The van der Waals surface area contributed by atoms with Crippen LogP contribution in [0, 0.1) is 11.3 Å². The van der Waals surface area contributed by atoms with Crippen molar-refractivity contribution in [3.05, 3.63) is 16.9 Å². The van der Waals surface area contributed by atoms with Crippen molar-refractivity contribution in [2.45, 2.75) is 59.0 Å². The highest BCUT2D eigenvalue weighted by atomic mass is 35.5. The first-order valence-corrected chi connectivity index (χ1v) is 7.45. The molecule has 0 saturated heterocycles. The van der Waals surface area contributed by atoms with E-state index in [-0.39, 0.29) is 17.5 Å². The molecule has 1 heterocycles. The number of hydrazine groups is 1. The van der Waals surface area contributed by atoms with Crippen LogP contribution in [-0.2, 0) is 0 Å². The number of halogens is 1. The lowest BCUT2D eigenvalue weighted by Crippen LogP contribution is -2.39. The van der Waals surface area contributed by atoms with Crippen molar-refractivity contribution in [1.29, 1.82) is 0 Å². The fourth-order valence-electron chi connectivity index (χ4n) is 3.41. The Morgan fingerprint density at radius 3 is 2.68 bits per heavy atom. The Morgan fingerprint density at radius 1 is 1.53 bits per heavy atom. The fourth-order valence-corrected chi connectivity index (χ4v) is 3.66. The average molecular weight is 285 g/mol. The topological polar surface area (TPSA) is 55.9 Å². The molecule has 1 aromatic heterocycles. The number of nitrogens with zero attached hydrogens (tertiary/aromatic N) is 2. The van der Waals surface area contributed by atoms with E-state index >= 15 is 0 Å². The Kier molecular flexibility index (Phi) is 4.23. The van der Waals surface area contributed by atoms with E-state index in [4.69, 9.17) is 17.4 Å². The smallest absolute Gasteiger partial charge is 0.0834 e.